The van der Waals surface area contributed by atoms with Gasteiger partial charge in [-0.05, 0) is 17.7 Å². The molecule has 2 aromatic rings. The van der Waals surface area contributed by atoms with Crippen LogP contribution >= 0.6 is 11.6 Å². The number of aliphatic hydroxyl groups is 1. The van der Waals surface area contributed by atoms with Gasteiger partial charge >= 0.3 is 6.03 Å². The lowest BCUT2D eigenvalue weighted by atomic mass is 10.1. The van der Waals surface area contributed by atoms with Crippen LogP contribution in [0.1, 0.15) is 11.6 Å². The van der Waals surface area contributed by atoms with Crippen molar-refractivity contribution in [3.8, 4) is 0 Å². The van der Waals surface area contributed by atoms with Crippen LogP contribution in [0, 0.1) is 11.6 Å². The monoisotopic (exact) mass is 326 g/mol. The molecule has 116 valence electrons. The molecule has 0 saturated carbocycles. The summed E-state index contributed by atoms with van der Waals surface area (Å²) in [5, 5.41) is 13.7. The summed E-state index contributed by atoms with van der Waals surface area (Å²) >= 11 is 5.50. The predicted octanol–water partition coefficient (Wildman–Crippen LogP) is 3.47. The third kappa shape index (κ3) is 3.93. The zero-order valence-corrected chi connectivity index (χ0v) is 12.1. The van der Waals surface area contributed by atoms with Crippen molar-refractivity contribution in [2.75, 3.05) is 11.9 Å². The Labute approximate surface area is 130 Å². The smallest absolute Gasteiger partial charge is 0.319 e. The van der Waals surface area contributed by atoms with Gasteiger partial charge in [0.2, 0.25) is 0 Å². The molecule has 0 aliphatic heterocycles. The Morgan fingerprint density at radius 3 is 2.32 bits per heavy atom. The minimum atomic E-state index is -0.986. The molecule has 1 atom stereocenters. The average Bonchev–Trinajstić information content (AvgIpc) is 2.49. The lowest BCUT2D eigenvalue weighted by molar-refractivity contribution is 0.225. The summed E-state index contributed by atoms with van der Waals surface area (Å²) in [6.45, 7) is -0.358. The van der Waals surface area contributed by atoms with Crippen molar-refractivity contribution in [2.45, 2.75) is 6.04 Å². The third-order valence-corrected chi connectivity index (χ3v) is 3.15. The number of urea groups is 1. The van der Waals surface area contributed by atoms with Crippen LogP contribution in [-0.2, 0) is 0 Å². The molecule has 0 bridgehead atoms. The van der Waals surface area contributed by atoms with Crippen LogP contribution in [0.3, 0.4) is 0 Å². The van der Waals surface area contributed by atoms with Crippen molar-refractivity contribution in [2.24, 2.45) is 0 Å². The maximum atomic E-state index is 13.6. The van der Waals surface area contributed by atoms with E-state index in [1.165, 1.54) is 0 Å². The Balaban J connectivity index is 2.10. The molecule has 0 spiro atoms. The molecule has 2 amide bonds. The van der Waals surface area contributed by atoms with Crippen LogP contribution in [0.4, 0.5) is 19.3 Å². The van der Waals surface area contributed by atoms with Gasteiger partial charge in [-0.25, -0.2) is 13.6 Å². The summed E-state index contributed by atoms with van der Waals surface area (Å²) in [7, 11) is 0. The second kappa shape index (κ2) is 7.20. The summed E-state index contributed by atoms with van der Waals surface area (Å²) in [4.78, 5) is 11.8. The fourth-order valence-electron chi connectivity index (χ4n) is 1.89. The van der Waals surface area contributed by atoms with Gasteiger partial charge in [-0.2, -0.15) is 0 Å². The van der Waals surface area contributed by atoms with Gasteiger partial charge in [0, 0.05) is 5.02 Å². The van der Waals surface area contributed by atoms with E-state index >= 15 is 0 Å². The number of carbonyl (C=O) groups is 1. The van der Waals surface area contributed by atoms with Gasteiger partial charge in [-0.15, -0.1) is 0 Å². The Hall–Kier alpha value is -2.18. The molecule has 3 N–H and O–H groups in total. The number of rotatable bonds is 4. The molecule has 0 radical (unpaired) electrons. The number of hydrogen-bond acceptors (Lipinski definition) is 2. The molecule has 0 unspecified atom stereocenters. The highest BCUT2D eigenvalue weighted by Gasteiger charge is 2.17. The number of carbonyl (C=O) groups excluding carboxylic acids is 1. The molecule has 0 aliphatic rings. The second-order valence-corrected chi connectivity index (χ2v) is 4.93. The van der Waals surface area contributed by atoms with Gasteiger partial charge in [0.1, 0.15) is 5.69 Å². The molecule has 0 heterocycles. The largest absolute Gasteiger partial charge is 0.394 e. The highest BCUT2D eigenvalue weighted by Crippen LogP contribution is 2.23. The minimum absolute atomic E-state index is 0.113. The number of nitrogens with one attached hydrogen (secondary N) is 2. The fourth-order valence-corrected chi connectivity index (χ4v) is 2.08. The molecule has 2 rings (SSSR count). The fraction of sp³-hybridized carbons (Fsp3) is 0.133. The number of aliphatic hydroxyl groups excluding tert-OH is 1. The van der Waals surface area contributed by atoms with Crippen LogP contribution in [0.15, 0.2) is 42.5 Å². The summed E-state index contributed by atoms with van der Waals surface area (Å²) in [5.74, 6) is -1.97. The van der Waals surface area contributed by atoms with Crippen molar-refractivity contribution in [1.82, 2.24) is 5.32 Å². The summed E-state index contributed by atoms with van der Waals surface area (Å²) in [6, 6.07) is 8.95. The topological polar surface area (TPSA) is 61.4 Å². The third-order valence-electron chi connectivity index (χ3n) is 2.94. The maximum Gasteiger partial charge on any atom is 0.319 e. The van der Waals surface area contributed by atoms with Gasteiger partial charge in [0.25, 0.3) is 0 Å². The van der Waals surface area contributed by atoms with Gasteiger partial charge in [-0.3, -0.25) is 0 Å². The van der Waals surface area contributed by atoms with E-state index in [4.69, 9.17) is 11.6 Å². The normalized spacial score (nSPS) is 11.8. The molecule has 0 aliphatic carbocycles. The predicted molar refractivity (Wildman–Crippen MR) is 79.8 cm³/mol. The number of amides is 2. The van der Waals surface area contributed by atoms with E-state index in [1.807, 2.05) is 0 Å². The Kier molecular flexibility index (Phi) is 5.30. The first-order valence-corrected chi connectivity index (χ1v) is 6.77. The molecule has 7 heteroatoms. The van der Waals surface area contributed by atoms with Gasteiger partial charge < -0.3 is 15.7 Å². The first-order chi connectivity index (χ1) is 10.5. The van der Waals surface area contributed by atoms with Crippen molar-refractivity contribution < 1.29 is 18.7 Å². The first-order valence-electron chi connectivity index (χ1n) is 6.39. The molecular weight excluding hydrogens is 314 g/mol. The zero-order chi connectivity index (χ0) is 16.1. The highest BCUT2D eigenvalue weighted by molar-refractivity contribution is 6.30. The number of halogens is 3. The van der Waals surface area contributed by atoms with E-state index in [0.29, 0.717) is 5.56 Å². The molecule has 4 nitrogen and oxygen atoms in total. The van der Waals surface area contributed by atoms with Crippen molar-refractivity contribution in [3.05, 3.63) is 64.7 Å². The van der Waals surface area contributed by atoms with Crippen LogP contribution in [0.25, 0.3) is 0 Å². The van der Waals surface area contributed by atoms with E-state index in [1.54, 1.807) is 30.3 Å². The lowest BCUT2D eigenvalue weighted by Crippen LogP contribution is -2.34. The first kappa shape index (κ1) is 16.2. The van der Waals surface area contributed by atoms with E-state index in [2.05, 4.69) is 10.6 Å². The molecule has 22 heavy (non-hydrogen) atoms. The Bertz CT molecular complexity index is 645. The molecule has 0 saturated heterocycles. The lowest BCUT2D eigenvalue weighted by Gasteiger charge is -2.17. The zero-order valence-electron chi connectivity index (χ0n) is 11.3. The van der Waals surface area contributed by atoms with Crippen LogP contribution in [0.2, 0.25) is 5.02 Å². The highest BCUT2D eigenvalue weighted by atomic mass is 35.5. The Morgan fingerprint density at radius 1 is 1.18 bits per heavy atom. The molecule has 0 fully saturated rings. The van der Waals surface area contributed by atoms with Gasteiger partial charge in [0.15, 0.2) is 11.6 Å². The average molecular weight is 327 g/mol. The van der Waals surface area contributed by atoms with E-state index < -0.39 is 29.4 Å². The van der Waals surface area contributed by atoms with Crippen LogP contribution < -0.4 is 10.6 Å². The summed E-state index contributed by atoms with van der Waals surface area (Å²) < 4.78 is 27.2. The Morgan fingerprint density at radius 2 is 1.77 bits per heavy atom. The quantitative estimate of drug-likeness (QED) is 0.805. The number of anilines is 1. The SMILES string of the molecule is O=C(Nc1c(F)cc(Cl)cc1F)N[C@H](CO)c1ccccc1. The van der Waals surface area contributed by atoms with Crippen molar-refractivity contribution >= 4 is 23.3 Å². The van der Waals surface area contributed by atoms with Crippen molar-refractivity contribution in [3.63, 3.8) is 0 Å². The number of benzene rings is 2. The van der Waals surface area contributed by atoms with Crippen molar-refractivity contribution in [1.29, 1.82) is 0 Å². The second-order valence-electron chi connectivity index (χ2n) is 4.49. The van der Waals surface area contributed by atoms with E-state index in [9.17, 15) is 18.7 Å². The van der Waals surface area contributed by atoms with E-state index in [-0.39, 0.29) is 11.6 Å². The minimum Gasteiger partial charge on any atom is -0.394 e. The maximum absolute atomic E-state index is 13.6. The molecule has 2 aromatic carbocycles. The van der Waals surface area contributed by atoms with Gasteiger partial charge in [0.05, 0.1) is 12.6 Å². The summed E-state index contributed by atoms with van der Waals surface area (Å²) in [5.41, 5.74) is 0.0591. The molecular formula is C15H13ClF2N2O2. The van der Waals surface area contributed by atoms with E-state index in [0.717, 1.165) is 12.1 Å². The molecule has 0 aromatic heterocycles. The van der Waals surface area contributed by atoms with Gasteiger partial charge in [-0.1, -0.05) is 41.9 Å². The standard InChI is InChI=1S/C15H13ClF2N2O2/c16-10-6-11(17)14(12(18)7-10)20-15(22)19-13(8-21)9-4-2-1-3-5-9/h1-7,13,21H,8H2,(H2,19,20,22)/t13-/m1/s1. The summed E-state index contributed by atoms with van der Waals surface area (Å²) in [6.07, 6.45) is 0. The van der Waals surface area contributed by atoms with Crippen LogP contribution in [0.5, 0.6) is 0 Å². The number of hydrogen-bond donors (Lipinski definition) is 3. The van der Waals surface area contributed by atoms with Crippen LogP contribution in [-0.4, -0.2) is 17.7 Å².